The van der Waals surface area contributed by atoms with Gasteiger partial charge in [0.25, 0.3) is 0 Å². The minimum Gasteiger partial charge on any atom is -0.444 e. The van der Waals surface area contributed by atoms with Crippen LogP contribution in [0.3, 0.4) is 0 Å². The molecular weight excluding hydrogens is 453 g/mol. The number of alkyl carbamates (subject to hydrolysis) is 1. The number of nitrogens with zero attached hydrogens (tertiary/aromatic N) is 2. The van der Waals surface area contributed by atoms with Crippen LogP contribution in [-0.2, 0) is 17.3 Å². The van der Waals surface area contributed by atoms with Crippen molar-refractivity contribution >= 4 is 17.1 Å². The lowest BCUT2D eigenvalue weighted by Crippen LogP contribution is -2.36. The Labute approximate surface area is 183 Å². The van der Waals surface area contributed by atoms with E-state index in [1.807, 2.05) is 0 Å². The molecule has 0 unspecified atom stereocenters. The summed E-state index contributed by atoms with van der Waals surface area (Å²) in [7, 11) is 0. The molecule has 1 amide bonds. The zero-order valence-corrected chi connectivity index (χ0v) is 17.6. The zero-order valence-electron chi connectivity index (χ0n) is 17.6. The smallest absolute Gasteiger partial charge is 0.433 e. The van der Waals surface area contributed by atoms with Gasteiger partial charge in [0.2, 0.25) is 5.89 Å². The summed E-state index contributed by atoms with van der Waals surface area (Å²) < 4.78 is 76.6. The maximum Gasteiger partial charge on any atom is 0.433 e. The molecule has 0 saturated carbocycles. The second-order valence-corrected chi connectivity index (χ2v) is 8.09. The van der Waals surface area contributed by atoms with E-state index in [1.165, 1.54) is 0 Å². The molecule has 33 heavy (non-hydrogen) atoms. The predicted octanol–water partition coefficient (Wildman–Crippen LogP) is 4.69. The molecule has 1 atom stereocenters. The fourth-order valence-electron chi connectivity index (χ4n) is 2.89. The first-order chi connectivity index (χ1) is 15.2. The van der Waals surface area contributed by atoms with Gasteiger partial charge in [-0.05, 0) is 50.6 Å². The van der Waals surface area contributed by atoms with Gasteiger partial charge in [-0.3, -0.25) is 0 Å². The van der Waals surface area contributed by atoms with Gasteiger partial charge in [-0.1, -0.05) is 0 Å². The molecule has 0 saturated heterocycles. The van der Waals surface area contributed by atoms with E-state index in [9.17, 15) is 31.5 Å². The van der Waals surface area contributed by atoms with Crippen LogP contribution in [0.25, 0.3) is 11.0 Å². The number of alkyl halides is 3. The zero-order chi connectivity index (χ0) is 24.6. The standard InChI is InChI=1S/C21H18F5N3O4/c1-20(2,3)33-19(31)27-14(8-10-6-11(22)9-12(23)7-10)17-29-16-13(18(30)32-17)4-5-15(28-16)21(24,25)26/h4-7,9,14H,8H2,1-3H3,(H,27,31)/t14-/m1/s1. The number of hydrogen-bond acceptors (Lipinski definition) is 6. The molecular formula is C21H18F5N3O4. The van der Waals surface area contributed by atoms with Crippen molar-refractivity contribution in [3.8, 4) is 0 Å². The number of ether oxygens (including phenoxy) is 1. The molecule has 0 bridgehead atoms. The van der Waals surface area contributed by atoms with Crippen molar-refractivity contribution in [3.05, 3.63) is 69.5 Å². The van der Waals surface area contributed by atoms with Crippen LogP contribution in [0.5, 0.6) is 0 Å². The van der Waals surface area contributed by atoms with Crippen molar-refractivity contribution in [1.29, 1.82) is 0 Å². The Bertz CT molecular complexity index is 1230. The summed E-state index contributed by atoms with van der Waals surface area (Å²) in [5.41, 5.74) is -3.78. The number of hydrogen-bond donors (Lipinski definition) is 1. The Morgan fingerprint density at radius 3 is 2.30 bits per heavy atom. The van der Waals surface area contributed by atoms with Crippen LogP contribution in [-0.4, -0.2) is 21.7 Å². The van der Waals surface area contributed by atoms with Crippen molar-refractivity contribution in [3.63, 3.8) is 0 Å². The summed E-state index contributed by atoms with van der Waals surface area (Å²) in [5.74, 6) is -2.31. The molecule has 3 rings (SSSR count). The predicted molar refractivity (Wildman–Crippen MR) is 105 cm³/mol. The summed E-state index contributed by atoms with van der Waals surface area (Å²) >= 11 is 0. The monoisotopic (exact) mass is 471 g/mol. The molecule has 2 aromatic heterocycles. The topological polar surface area (TPSA) is 94.3 Å². The summed E-state index contributed by atoms with van der Waals surface area (Å²) in [6.07, 6.45) is -6.10. The van der Waals surface area contributed by atoms with E-state index in [4.69, 9.17) is 9.15 Å². The fourth-order valence-corrected chi connectivity index (χ4v) is 2.89. The molecule has 2 heterocycles. The quantitative estimate of drug-likeness (QED) is 0.555. The molecule has 3 aromatic rings. The van der Waals surface area contributed by atoms with Crippen LogP contribution >= 0.6 is 0 Å². The summed E-state index contributed by atoms with van der Waals surface area (Å²) in [5, 5.41) is 2.04. The van der Waals surface area contributed by atoms with Gasteiger partial charge in [-0.15, -0.1) is 0 Å². The minimum absolute atomic E-state index is 0.0510. The van der Waals surface area contributed by atoms with E-state index >= 15 is 0 Å². The van der Waals surface area contributed by atoms with Crippen molar-refractivity contribution < 1.29 is 35.9 Å². The molecule has 176 valence electrons. The second-order valence-electron chi connectivity index (χ2n) is 8.09. The lowest BCUT2D eigenvalue weighted by atomic mass is 10.1. The van der Waals surface area contributed by atoms with E-state index in [-0.39, 0.29) is 17.4 Å². The first-order valence-corrected chi connectivity index (χ1v) is 9.55. The molecule has 0 aliphatic carbocycles. The maximum absolute atomic E-state index is 13.6. The third-order valence-corrected chi connectivity index (χ3v) is 4.15. The SMILES string of the molecule is CC(C)(C)OC(=O)N[C@H](Cc1cc(F)cc(F)c1)c1nc2nc(C(F)(F)F)ccc2c(=O)o1. The first-order valence-electron chi connectivity index (χ1n) is 9.55. The Morgan fingerprint density at radius 2 is 1.73 bits per heavy atom. The van der Waals surface area contributed by atoms with Gasteiger partial charge in [0.05, 0.1) is 0 Å². The number of aromatic nitrogens is 2. The van der Waals surface area contributed by atoms with Gasteiger partial charge in [0.15, 0.2) is 5.65 Å². The van der Waals surface area contributed by atoms with Crippen LogP contribution in [0, 0.1) is 11.6 Å². The molecule has 0 radical (unpaired) electrons. The number of fused-ring (bicyclic) bond motifs is 1. The van der Waals surface area contributed by atoms with E-state index in [0.29, 0.717) is 12.1 Å². The Balaban J connectivity index is 2.07. The number of benzene rings is 1. The van der Waals surface area contributed by atoms with Gasteiger partial charge < -0.3 is 14.5 Å². The molecule has 12 heteroatoms. The van der Waals surface area contributed by atoms with E-state index in [0.717, 1.165) is 18.2 Å². The number of nitrogens with one attached hydrogen (secondary N) is 1. The number of halogens is 5. The van der Waals surface area contributed by atoms with Crippen LogP contribution in [0.2, 0.25) is 0 Å². The second kappa shape index (κ2) is 8.75. The number of rotatable bonds is 4. The van der Waals surface area contributed by atoms with Crippen LogP contribution in [0.15, 0.2) is 39.5 Å². The lowest BCUT2D eigenvalue weighted by molar-refractivity contribution is -0.141. The number of carbonyl (C=O) groups is 1. The largest absolute Gasteiger partial charge is 0.444 e. The highest BCUT2D eigenvalue weighted by Crippen LogP contribution is 2.28. The van der Waals surface area contributed by atoms with E-state index in [2.05, 4.69) is 15.3 Å². The molecule has 0 spiro atoms. The van der Waals surface area contributed by atoms with E-state index < -0.39 is 58.4 Å². The number of pyridine rings is 1. The third-order valence-electron chi connectivity index (χ3n) is 4.15. The Morgan fingerprint density at radius 1 is 1.09 bits per heavy atom. The Hall–Kier alpha value is -3.57. The number of carbonyl (C=O) groups excluding carboxylic acids is 1. The minimum atomic E-state index is -4.79. The maximum atomic E-state index is 13.6. The highest BCUT2D eigenvalue weighted by atomic mass is 19.4. The summed E-state index contributed by atoms with van der Waals surface area (Å²) in [6, 6.07) is 2.74. The van der Waals surface area contributed by atoms with Gasteiger partial charge in [0.1, 0.15) is 34.4 Å². The highest BCUT2D eigenvalue weighted by Gasteiger charge is 2.33. The average molecular weight is 471 g/mol. The van der Waals surface area contributed by atoms with Crippen molar-refractivity contribution in [1.82, 2.24) is 15.3 Å². The molecule has 0 aliphatic rings. The summed E-state index contributed by atoms with van der Waals surface area (Å²) in [4.78, 5) is 31.9. The highest BCUT2D eigenvalue weighted by molar-refractivity contribution is 5.73. The first kappa shape index (κ1) is 24.1. The molecule has 7 nitrogen and oxygen atoms in total. The van der Waals surface area contributed by atoms with Gasteiger partial charge in [-0.25, -0.2) is 23.4 Å². The molecule has 0 fully saturated rings. The van der Waals surface area contributed by atoms with Crippen molar-refractivity contribution in [2.24, 2.45) is 0 Å². The number of amides is 1. The van der Waals surface area contributed by atoms with Gasteiger partial charge in [0, 0.05) is 12.5 Å². The fraction of sp³-hybridized carbons (Fsp3) is 0.333. The summed E-state index contributed by atoms with van der Waals surface area (Å²) in [6.45, 7) is 4.75. The molecule has 1 N–H and O–H groups in total. The molecule has 1 aromatic carbocycles. The van der Waals surface area contributed by atoms with Gasteiger partial charge in [-0.2, -0.15) is 18.2 Å². The van der Waals surface area contributed by atoms with Crippen molar-refractivity contribution in [2.75, 3.05) is 0 Å². The Kier molecular flexibility index (Phi) is 6.39. The van der Waals surface area contributed by atoms with Crippen LogP contribution in [0.4, 0.5) is 26.7 Å². The average Bonchev–Trinajstić information content (AvgIpc) is 2.64. The molecule has 0 aliphatic heterocycles. The van der Waals surface area contributed by atoms with Crippen molar-refractivity contribution in [2.45, 2.75) is 45.0 Å². The lowest BCUT2D eigenvalue weighted by Gasteiger charge is -2.23. The van der Waals surface area contributed by atoms with Gasteiger partial charge >= 0.3 is 17.9 Å². The normalized spacial score (nSPS) is 13.1. The van der Waals surface area contributed by atoms with E-state index in [1.54, 1.807) is 20.8 Å². The van der Waals surface area contributed by atoms with Crippen LogP contribution < -0.4 is 10.9 Å². The third kappa shape index (κ3) is 6.24. The van der Waals surface area contributed by atoms with Crippen LogP contribution in [0.1, 0.15) is 44.0 Å².